The number of morpholine rings is 1. The van der Waals surface area contributed by atoms with Crippen molar-refractivity contribution in [1.82, 2.24) is 4.90 Å². The van der Waals surface area contributed by atoms with Gasteiger partial charge in [0.2, 0.25) is 0 Å². The molecular weight excluding hydrogens is 244 g/mol. The molecule has 0 aromatic rings. The molecule has 17 heavy (non-hydrogen) atoms. The molecule has 2 fully saturated rings. The fraction of sp³-hybridized carbons (Fsp3) is 1.00. The largest absolute Gasteiger partial charge is 0.390 e. The van der Waals surface area contributed by atoms with Crippen molar-refractivity contribution in [1.29, 1.82) is 0 Å². The van der Waals surface area contributed by atoms with Gasteiger partial charge in [-0.3, -0.25) is 4.90 Å². The zero-order valence-corrected chi connectivity index (χ0v) is 10.8. The lowest BCUT2D eigenvalue weighted by Gasteiger charge is -2.38. The predicted molar refractivity (Wildman–Crippen MR) is 63.4 cm³/mol. The molecule has 3 N–H and O–H groups in total. The lowest BCUT2D eigenvalue weighted by atomic mass is 10.1. The monoisotopic (exact) mass is 264 g/mol. The van der Waals surface area contributed by atoms with Gasteiger partial charge in [-0.2, -0.15) is 0 Å². The molecule has 0 radical (unpaired) electrons. The van der Waals surface area contributed by atoms with E-state index in [1.165, 1.54) is 0 Å². The summed E-state index contributed by atoms with van der Waals surface area (Å²) in [4.78, 5) is 1.99. The van der Waals surface area contributed by atoms with Crippen LogP contribution in [0.3, 0.4) is 0 Å². The highest BCUT2D eigenvalue weighted by Crippen LogP contribution is 2.21. The number of sulfone groups is 1. The van der Waals surface area contributed by atoms with E-state index in [2.05, 4.69) is 0 Å². The first-order valence-electron chi connectivity index (χ1n) is 5.89. The second-order valence-corrected chi connectivity index (χ2v) is 7.13. The number of aliphatic hydroxyl groups excluding tert-OH is 1. The van der Waals surface area contributed by atoms with Crippen molar-refractivity contribution >= 4 is 9.84 Å². The maximum Gasteiger partial charge on any atom is 0.154 e. The molecule has 4 unspecified atom stereocenters. The zero-order chi connectivity index (χ0) is 12.6. The highest BCUT2D eigenvalue weighted by molar-refractivity contribution is 7.91. The summed E-state index contributed by atoms with van der Waals surface area (Å²) in [5.41, 5.74) is 5.78. The Balaban J connectivity index is 2.03. The lowest BCUT2D eigenvalue weighted by molar-refractivity contribution is -0.0622. The molecule has 0 saturated carbocycles. The third-order valence-corrected chi connectivity index (χ3v) is 5.17. The SMILES string of the molecule is CC(N)C1CN(C2CS(=O)(=O)CC2O)CCO1. The van der Waals surface area contributed by atoms with Crippen LogP contribution in [0.1, 0.15) is 6.92 Å². The van der Waals surface area contributed by atoms with Crippen molar-refractivity contribution in [3.63, 3.8) is 0 Å². The van der Waals surface area contributed by atoms with Crippen LogP contribution in [0.4, 0.5) is 0 Å². The van der Waals surface area contributed by atoms with Gasteiger partial charge in [-0.1, -0.05) is 0 Å². The number of nitrogens with two attached hydrogens (primary N) is 1. The van der Waals surface area contributed by atoms with Gasteiger partial charge < -0.3 is 15.6 Å². The molecule has 0 aromatic carbocycles. The minimum atomic E-state index is -3.10. The van der Waals surface area contributed by atoms with Gasteiger partial charge in [0.1, 0.15) is 0 Å². The smallest absolute Gasteiger partial charge is 0.154 e. The highest BCUT2D eigenvalue weighted by atomic mass is 32.2. The van der Waals surface area contributed by atoms with E-state index in [4.69, 9.17) is 10.5 Å². The molecule has 0 bridgehead atoms. The van der Waals surface area contributed by atoms with Crippen molar-refractivity contribution in [3.05, 3.63) is 0 Å². The van der Waals surface area contributed by atoms with Crippen LogP contribution >= 0.6 is 0 Å². The van der Waals surface area contributed by atoms with Crippen LogP contribution in [0.5, 0.6) is 0 Å². The number of ether oxygens (including phenoxy) is 1. The highest BCUT2D eigenvalue weighted by Gasteiger charge is 2.41. The molecule has 0 spiro atoms. The number of rotatable bonds is 2. The van der Waals surface area contributed by atoms with Crippen LogP contribution in [-0.4, -0.2) is 73.9 Å². The molecule has 6 nitrogen and oxygen atoms in total. The molecular formula is C10H20N2O4S. The van der Waals surface area contributed by atoms with E-state index >= 15 is 0 Å². The van der Waals surface area contributed by atoms with Crippen LogP contribution in [-0.2, 0) is 14.6 Å². The second-order valence-electron chi connectivity index (χ2n) is 4.97. The Kier molecular flexibility index (Phi) is 3.74. The van der Waals surface area contributed by atoms with Gasteiger partial charge in [0.25, 0.3) is 0 Å². The van der Waals surface area contributed by atoms with Gasteiger partial charge in [0.05, 0.1) is 36.4 Å². The Morgan fingerprint density at radius 2 is 2.18 bits per heavy atom. The minimum absolute atomic E-state index is 0.0415. The van der Waals surface area contributed by atoms with Gasteiger partial charge in [0.15, 0.2) is 9.84 Å². The molecule has 2 rings (SSSR count). The summed E-state index contributed by atoms with van der Waals surface area (Å²) in [6, 6.07) is -0.391. The van der Waals surface area contributed by atoms with Crippen molar-refractivity contribution in [2.45, 2.75) is 31.2 Å². The van der Waals surface area contributed by atoms with E-state index in [0.29, 0.717) is 19.7 Å². The van der Waals surface area contributed by atoms with E-state index in [0.717, 1.165) is 0 Å². The Bertz CT molecular complexity index is 371. The van der Waals surface area contributed by atoms with Crippen molar-refractivity contribution in [3.8, 4) is 0 Å². The summed E-state index contributed by atoms with van der Waals surface area (Å²) in [5, 5.41) is 9.81. The molecule has 2 aliphatic rings. The Labute approximate surface area is 102 Å². The predicted octanol–water partition coefficient (Wildman–Crippen LogP) is -1.81. The van der Waals surface area contributed by atoms with Crippen LogP contribution in [0.2, 0.25) is 0 Å². The van der Waals surface area contributed by atoms with E-state index in [9.17, 15) is 13.5 Å². The number of hydrogen-bond acceptors (Lipinski definition) is 6. The molecule has 2 aliphatic heterocycles. The van der Waals surface area contributed by atoms with Gasteiger partial charge in [-0.25, -0.2) is 8.42 Å². The van der Waals surface area contributed by atoms with Crippen LogP contribution < -0.4 is 5.73 Å². The van der Waals surface area contributed by atoms with Gasteiger partial charge >= 0.3 is 0 Å². The quantitative estimate of drug-likeness (QED) is 0.611. The van der Waals surface area contributed by atoms with Crippen molar-refractivity contribution in [2.75, 3.05) is 31.2 Å². The van der Waals surface area contributed by atoms with E-state index < -0.39 is 15.9 Å². The first kappa shape index (κ1) is 13.2. The van der Waals surface area contributed by atoms with Crippen LogP contribution in [0.25, 0.3) is 0 Å². The summed E-state index contributed by atoms with van der Waals surface area (Å²) >= 11 is 0. The minimum Gasteiger partial charge on any atom is -0.390 e. The molecule has 7 heteroatoms. The summed E-state index contributed by atoms with van der Waals surface area (Å²) in [6.45, 7) is 3.65. The molecule has 100 valence electrons. The second kappa shape index (κ2) is 4.81. The fourth-order valence-electron chi connectivity index (χ4n) is 2.48. The van der Waals surface area contributed by atoms with E-state index in [-0.39, 0.29) is 29.7 Å². The van der Waals surface area contributed by atoms with Crippen molar-refractivity contribution in [2.24, 2.45) is 5.73 Å². The molecule has 0 aromatic heterocycles. The third-order valence-electron chi connectivity index (χ3n) is 3.47. The van der Waals surface area contributed by atoms with Gasteiger partial charge in [0, 0.05) is 19.1 Å². The van der Waals surface area contributed by atoms with Crippen LogP contribution in [0, 0.1) is 0 Å². The molecule has 4 atom stereocenters. The maximum atomic E-state index is 11.5. The number of hydrogen-bond donors (Lipinski definition) is 2. The standard InChI is InChI=1S/C10H20N2O4S/c1-7(11)10-4-12(2-3-16-10)8-5-17(14,15)6-9(8)13/h7-10,13H,2-6,11H2,1H3. The fourth-order valence-corrected chi connectivity index (χ4v) is 4.31. The number of aliphatic hydroxyl groups is 1. The number of nitrogens with zero attached hydrogens (tertiary/aromatic N) is 1. The van der Waals surface area contributed by atoms with E-state index in [1.807, 2.05) is 11.8 Å². The molecule has 0 aliphatic carbocycles. The van der Waals surface area contributed by atoms with E-state index in [1.54, 1.807) is 0 Å². The third kappa shape index (κ3) is 2.97. The Hall–Kier alpha value is -0.210. The summed E-state index contributed by atoms with van der Waals surface area (Å²) in [5.74, 6) is -0.0856. The normalized spacial score (nSPS) is 40.3. The molecule has 2 saturated heterocycles. The Morgan fingerprint density at radius 1 is 1.47 bits per heavy atom. The average molecular weight is 264 g/mol. The first-order chi connectivity index (χ1) is 7.89. The van der Waals surface area contributed by atoms with Crippen LogP contribution in [0.15, 0.2) is 0 Å². The summed E-state index contributed by atoms with van der Waals surface area (Å²) < 4.78 is 28.5. The maximum absolute atomic E-state index is 11.5. The summed E-state index contributed by atoms with van der Waals surface area (Å²) in [7, 11) is -3.10. The average Bonchev–Trinajstić information content (AvgIpc) is 2.52. The van der Waals surface area contributed by atoms with Gasteiger partial charge in [-0.05, 0) is 6.92 Å². The summed E-state index contributed by atoms with van der Waals surface area (Å²) in [6.07, 6.45) is -0.869. The Morgan fingerprint density at radius 3 is 2.71 bits per heavy atom. The van der Waals surface area contributed by atoms with Crippen molar-refractivity contribution < 1.29 is 18.3 Å². The molecule has 2 heterocycles. The topological polar surface area (TPSA) is 92.9 Å². The first-order valence-corrected chi connectivity index (χ1v) is 7.71. The lowest BCUT2D eigenvalue weighted by Crippen LogP contribution is -2.55. The zero-order valence-electron chi connectivity index (χ0n) is 9.95. The molecule has 0 amide bonds. The van der Waals surface area contributed by atoms with Gasteiger partial charge in [-0.15, -0.1) is 0 Å².